The van der Waals surface area contributed by atoms with Crippen molar-refractivity contribution < 1.29 is 0 Å². The van der Waals surface area contributed by atoms with Gasteiger partial charge in [0, 0.05) is 29.0 Å². The number of anilines is 3. The predicted molar refractivity (Wildman–Crippen MR) is 224 cm³/mol. The Balaban J connectivity index is 0.000000330. The Hall–Kier alpha value is -6.58. The molecule has 0 unspecified atom stereocenters. The van der Waals surface area contributed by atoms with Crippen molar-refractivity contribution in [3.8, 4) is 22.3 Å². The Morgan fingerprint density at radius 3 is 1.75 bits per heavy atom. The fraction of sp³-hybridized carbons (Fsp3) is 0.0417. The second-order valence-electron chi connectivity index (χ2n) is 11.6. The van der Waals surface area contributed by atoms with E-state index in [-0.39, 0.29) is 0 Å². The standard InChI is InChI=1S/C35H29N.C13H18N2/c1-3-4-10-32-11-8-9-14-35(32)36(33-12-6-5-7-13-33)34-25-23-31(24-26-34)30-21-19-29(20-22-30)28-17-15-27(2)16-18-28;1-4-8-13(9-5-2)15-11-7-6-10-12(3)14/h3-26H,1H2,2H3;4-11,15H,1,3,14H2,2H3/b10-4-;9-5-,10-6-,11-7-,13-8+. The molecule has 254 valence electrons. The van der Waals surface area contributed by atoms with E-state index in [0.717, 1.165) is 28.3 Å². The zero-order valence-corrected chi connectivity index (χ0v) is 29.6. The van der Waals surface area contributed by atoms with Crippen molar-refractivity contribution in [3.05, 3.63) is 231 Å². The molecule has 3 N–H and O–H groups in total. The van der Waals surface area contributed by atoms with Gasteiger partial charge in [0.25, 0.3) is 0 Å². The molecule has 51 heavy (non-hydrogen) atoms. The average molecular weight is 666 g/mol. The minimum atomic E-state index is 0.537. The van der Waals surface area contributed by atoms with Crippen LogP contribution in [0, 0.1) is 6.92 Å². The third kappa shape index (κ3) is 11.5. The van der Waals surface area contributed by atoms with E-state index in [2.05, 4.69) is 170 Å². The van der Waals surface area contributed by atoms with Crippen LogP contribution in [0.2, 0.25) is 0 Å². The molecule has 5 aromatic rings. The lowest BCUT2D eigenvalue weighted by atomic mass is 9.99. The van der Waals surface area contributed by atoms with Crippen molar-refractivity contribution in [1.29, 1.82) is 0 Å². The Morgan fingerprint density at radius 2 is 1.18 bits per heavy atom. The summed E-state index contributed by atoms with van der Waals surface area (Å²) in [6, 6.07) is 45.2. The van der Waals surface area contributed by atoms with Gasteiger partial charge in [-0.25, -0.2) is 0 Å². The highest BCUT2D eigenvalue weighted by Crippen LogP contribution is 2.38. The number of nitrogens with one attached hydrogen (secondary N) is 1. The van der Waals surface area contributed by atoms with Crippen molar-refractivity contribution in [1.82, 2.24) is 5.32 Å². The van der Waals surface area contributed by atoms with Crippen molar-refractivity contribution >= 4 is 23.1 Å². The van der Waals surface area contributed by atoms with Crippen LogP contribution >= 0.6 is 0 Å². The lowest BCUT2D eigenvalue weighted by molar-refractivity contribution is 1.11. The minimum Gasteiger partial charge on any atom is -0.399 e. The summed E-state index contributed by atoms with van der Waals surface area (Å²) in [7, 11) is 0. The lowest BCUT2D eigenvalue weighted by Gasteiger charge is -2.27. The first-order valence-corrected chi connectivity index (χ1v) is 16.9. The normalized spacial score (nSPS) is 11.5. The molecule has 0 bridgehead atoms. The third-order valence-electron chi connectivity index (χ3n) is 7.74. The van der Waals surface area contributed by atoms with Gasteiger partial charge in [-0.05, 0) is 96.3 Å². The van der Waals surface area contributed by atoms with Gasteiger partial charge >= 0.3 is 0 Å². The van der Waals surface area contributed by atoms with Crippen molar-refractivity contribution in [2.45, 2.75) is 13.8 Å². The first-order valence-electron chi connectivity index (χ1n) is 16.9. The molecule has 0 fully saturated rings. The molecule has 3 heteroatoms. The van der Waals surface area contributed by atoms with E-state index in [9.17, 15) is 0 Å². The average Bonchev–Trinajstić information content (AvgIpc) is 3.16. The van der Waals surface area contributed by atoms with Gasteiger partial charge in [-0.1, -0.05) is 159 Å². The number of aryl methyl sites for hydroxylation is 1. The molecule has 0 aliphatic rings. The maximum absolute atomic E-state index is 5.36. The van der Waals surface area contributed by atoms with Gasteiger partial charge in [-0.3, -0.25) is 0 Å². The molecule has 0 saturated carbocycles. The number of para-hydroxylation sites is 2. The number of benzene rings is 5. The minimum absolute atomic E-state index is 0.537. The molecule has 0 amide bonds. The van der Waals surface area contributed by atoms with Crippen LogP contribution in [0.15, 0.2) is 219 Å². The fourth-order valence-corrected chi connectivity index (χ4v) is 5.25. The van der Waals surface area contributed by atoms with E-state index in [0.29, 0.717) is 5.70 Å². The molecule has 0 aliphatic heterocycles. The largest absolute Gasteiger partial charge is 0.399 e. The molecule has 0 saturated heterocycles. The molecule has 0 heterocycles. The maximum atomic E-state index is 5.36. The summed E-state index contributed by atoms with van der Waals surface area (Å²) in [6.07, 6.45) is 20.6. The molecule has 0 radical (unpaired) electrons. The number of rotatable bonds is 13. The Kier molecular flexibility index (Phi) is 14.6. The van der Waals surface area contributed by atoms with Gasteiger partial charge < -0.3 is 16.0 Å². The quantitative estimate of drug-likeness (QED) is 0.123. The van der Waals surface area contributed by atoms with Crippen LogP contribution in [0.1, 0.15) is 18.1 Å². The molecule has 0 aromatic heterocycles. The second-order valence-corrected chi connectivity index (χ2v) is 11.6. The summed E-state index contributed by atoms with van der Waals surface area (Å²) in [6.45, 7) is 15.1. The summed E-state index contributed by atoms with van der Waals surface area (Å²) < 4.78 is 0. The van der Waals surface area contributed by atoms with E-state index in [1.165, 1.54) is 27.8 Å². The molecular weight excluding hydrogens is 619 g/mol. The molecular formula is C48H47N3. The first-order chi connectivity index (χ1) is 24.9. The summed E-state index contributed by atoms with van der Waals surface area (Å²) in [5, 5.41) is 3.10. The highest BCUT2D eigenvalue weighted by molar-refractivity contribution is 5.83. The van der Waals surface area contributed by atoms with Crippen LogP contribution in [0.25, 0.3) is 28.3 Å². The van der Waals surface area contributed by atoms with Crippen molar-refractivity contribution in [2.75, 3.05) is 4.90 Å². The summed E-state index contributed by atoms with van der Waals surface area (Å²) in [5.41, 5.74) is 17.5. The fourth-order valence-electron chi connectivity index (χ4n) is 5.25. The third-order valence-corrected chi connectivity index (χ3v) is 7.74. The molecule has 5 rings (SSSR count). The smallest absolute Gasteiger partial charge is 0.0533 e. The van der Waals surface area contributed by atoms with Gasteiger partial charge in [-0.15, -0.1) is 0 Å². The van der Waals surface area contributed by atoms with Gasteiger partial charge in [0.05, 0.1) is 5.69 Å². The highest BCUT2D eigenvalue weighted by Gasteiger charge is 2.15. The Morgan fingerprint density at radius 1 is 0.627 bits per heavy atom. The van der Waals surface area contributed by atoms with Gasteiger partial charge in [0.2, 0.25) is 0 Å². The number of nitrogens with two attached hydrogens (primary N) is 1. The second kappa shape index (κ2) is 20.1. The predicted octanol–water partition coefficient (Wildman–Crippen LogP) is 12.8. The van der Waals surface area contributed by atoms with E-state index < -0.39 is 0 Å². The van der Waals surface area contributed by atoms with Crippen LogP contribution < -0.4 is 16.0 Å². The SMILES string of the molecule is C=C/C=C(\C=C/C)N/C=C\C=C/C(=C)N.C=C/C=C\c1ccccc1N(c1ccccc1)c1ccc(-c2ccc(-c3ccc(C)cc3)cc2)cc1. The zero-order valence-electron chi connectivity index (χ0n) is 29.6. The van der Waals surface area contributed by atoms with Gasteiger partial charge in [0.1, 0.15) is 0 Å². The number of nitrogens with zero attached hydrogens (tertiary/aromatic N) is 1. The van der Waals surface area contributed by atoms with Crippen molar-refractivity contribution in [2.24, 2.45) is 5.73 Å². The van der Waals surface area contributed by atoms with Gasteiger partial charge in [0.15, 0.2) is 0 Å². The molecule has 0 aliphatic carbocycles. The van der Waals surface area contributed by atoms with E-state index in [1.54, 1.807) is 12.2 Å². The topological polar surface area (TPSA) is 41.3 Å². The van der Waals surface area contributed by atoms with Crippen LogP contribution in [0.3, 0.4) is 0 Å². The molecule has 3 nitrogen and oxygen atoms in total. The van der Waals surface area contributed by atoms with E-state index >= 15 is 0 Å². The summed E-state index contributed by atoms with van der Waals surface area (Å²) in [4.78, 5) is 2.30. The molecule has 0 spiro atoms. The Labute approximate surface area is 304 Å². The lowest BCUT2D eigenvalue weighted by Crippen LogP contribution is -2.11. The zero-order chi connectivity index (χ0) is 36.3. The molecule has 5 aromatic carbocycles. The summed E-state index contributed by atoms with van der Waals surface area (Å²) in [5.74, 6) is 0. The Bertz CT molecular complexity index is 2010. The van der Waals surface area contributed by atoms with Crippen LogP contribution in [0.4, 0.5) is 17.1 Å². The highest BCUT2D eigenvalue weighted by atomic mass is 15.1. The number of hydrogen-bond acceptors (Lipinski definition) is 3. The van der Waals surface area contributed by atoms with Crippen LogP contribution in [0.5, 0.6) is 0 Å². The van der Waals surface area contributed by atoms with Crippen LogP contribution in [-0.4, -0.2) is 0 Å². The van der Waals surface area contributed by atoms with Crippen LogP contribution in [-0.2, 0) is 0 Å². The number of hydrogen-bond donors (Lipinski definition) is 2. The number of allylic oxidation sites excluding steroid dienone is 9. The monoisotopic (exact) mass is 665 g/mol. The van der Waals surface area contributed by atoms with Crippen molar-refractivity contribution in [3.63, 3.8) is 0 Å². The van der Waals surface area contributed by atoms with Gasteiger partial charge in [-0.2, -0.15) is 0 Å². The maximum Gasteiger partial charge on any atom is 0.0533 e. The summed E-state index contributed by atoms with van der Waals surface area (Å²) >= 11 is 0. The first kappa shape index (κ1) is 37.2. The van der Waals surface area contributed by atoms with E-state index in [1.807, 2.05) is 55.7 Å². The molecule has 0 atom stereocenters. The van der Waals surface area contributed by atoms with E-state index in [4.69, 9.17) is 5.73 Å².